The summed E-state index contributed by atoms with van der Waals surface area (Å²) in [4.78, 5) is 27.3. The Morgan fingerprint density at radius 1 is 1.38 bits per heavy atom. The summed E-state index contributed by atoms with van der Waals surface area (Å²) in [6.07, 6.45) is 6.30. The maximum atomic E-state index is 11.7. The number of carboxylic acids is 1. The zero-order chi connectivity index (χ0) is 17.7. The summed E-state index contributed by atoms with van der Waals surface area (Å²) >= 11 is 0. The van der Waals surface area contributed by atoms with Crippen molar-refractivity contribution in [1.29, 1.82) is 0 Å². The van der Waals surface area contributed by atoms with Crippen molar-refractivity contribution in [2.75, 3.05) is 0 Å². The van der Waals surface area contributed by atoms with Gasteiger partial charge in [-0.25, -0.2) is 4.98 Å². The quantitative estimate of drug-likeness (QED) is 0.609. The van der Waals surface area contributed by atoms with Crippen molar-refractivity contribution in [3.8, 4) is 0 Å². The van der Waals surface area contributed by atoms with Crippen molar-refractivity contribution in [3.05, 3.63) is 18.4 Å². The molecule has 1 aliphatic heterocycles. The van der Waals surface area contributed by atoms with Gasteiger partial charge in [-0.15, -0.1) is 24.8 Å². The predicted octanol–water partition coefficient (Wildman–Crippen LogP) is 2.75. The van der Waals surface area contributed by atoms with E-state index in [1.807, 2.05) is 0 Å². The topological polar surface area (TPSA) is 104 Å². The van der Waals surface area contributed by atoms with E-state index in [1.165, 1.54) is 13.2 Å². The van der Waals surface area contributed by atoms with E-state index in [0.29, 0.717) is 18.2 Å². The Morgan fingerprint density at radius 2 is 2.04 bits per heavy atom. The predicted molar refractivity (Wildman–Crippen MR) is 103 cm³/mol. The molecule has 2 rings (SSSR count). The smallest absolute Gasteiger partial charge is 0.320 e. The Kier molecular flexibility index (Phi) is 10.8. The summed E-state index contributed by atoms with van der Waals surface area (Å²) in [6, 6.07) is -1.03. The first kappa shape index (κ1) is 24.7. The number of oxazole rings is 1. The van der Waals surface area contributed by atoms with E-state index in [-0.39, 0.29) is 48.7 Å². The van der Waals surface area contributed by atoms with Crippen LogP contribution in [0.15, 0.2) is 16.9 Å². The maximum Gasteiger partial charge on any atom is 0.320 e. The van der Waals surface area contributed by atoms with Crippen molar-refractivity contribution in [2.45, 2.75) is 70.5 Å². The Morgan fingerprint density at radius 3 is 2.50 bits per heavy atom. The number of carbonyl (C=O) groups is 2. The minimum absolute atomic E-state index is 0. The van der Waals surface area contributed by atoms with Crippen LogP contribution in [0, 0.1) is 5.92 Å². The highest BCUT2D eigenvalue weighted by molar-refractivity contribution is 5.85. The van der Waals surface area contributed by atoms with Gasteiger partial charge in [-0.2, -0.15) is 0 Å². The second kappa shape index (κ2) is 11.4. The first-order valence-electron chi connectivity index (χ1n) is 8.61. The molecule has 0 spiro atoms. The fraction of sp³-hybridized carbons (Fsp3) is 0.706. The van der Waals surface area contributed by atoms with Gasteiger partial charge in [0.15, 0.2) is 5.89 Å². The molecule has 1 aromatic heterocycles. The largest absolute Gasteiger partial charge is 0.480 e. The molecule has 7 nitrogen and oxygen atoms in total. The number of carbonyl (C=O) groups excluding carboxylic acids is 1. The van der Waals surface area contributed by atoms with E-state index in [1.54, 1.807) is 6.20 Å². The molecule has 1 amide bonds. The lowest BCUT2D eigenvalue weighted by molar-refractivity contribution is -0.139. The summed E-state index contributed by atoms with van der Waals surface area (Å²) in [7, 11) is 0. The number of halogens is 2. The third-order valence-corrected chi connectivity index (χ3v) is 4.95. The Hall–Kier alpha value is -1.31. The molecule has 0 aromatic carbocycles. The van der Waals surface area contributed by atoms with E-state index >= 15 is 0 Å². The highest BCUT2D eigenvalue weighted by Gasteiger charge is 2.44. The fourth-order valence-corrected chi connectivity index (χ4v) is 3.60. The Labute approximate surface area is 166 Å². The van der Waals surface area contributed by atoms with Crippen LogP contribution in [-0.2, 0) is 9.59 Å². The minimum Gasteiger partial charge on any atom is -0.480 e. The van der Waals surface area contributed by atoms with E-state index in [0.717, 1.165) is 19.3 Å². The number of amides is 1. The Bertz CT molecular complexity index is 552. The van der Waals surface area contributed by atoms with E-state index in [2.05, 4.69) is 29.5 Å². The molecule has 1 saturated heterocycles. The van der Waals surface area contributed by atoms with Gasteiger partial charge in [-0.3, -0.25) is 14.9 Å². The van der Waals surface area contributed by atoms with Crippen LogP contribution in [0.3, 0.4) is 0 Å². The molecule has 0 aliphatic carbocycles. The number of aromatic nitrogens is 1. The summed E-state index contributed by atoms with van der Waals surface area (Å²) < 4.78 is 5.43. The highest BCUT2D eigenvalue weighted by Crippen LogP contribution is 2.34. The van der Waals surface area contributed by atoms with Gasteiger partial charge in [0.05, 0.1) is 12.1 Å². The summed E-state index contributed by atoms with van der Waals surface area (Å²) in [6.45, 7) is 5.75. The van der Waals surface area contributed by atoms with Crippen LogP contribution in [0.4, 0.5) is 0 Å². The molecule has 0 bridgehead atoms. The number of hydrogen-bond acceptors (Lipinski definition) is 5. The third kappa shape index (κ3) is 6.14. The molecule has 150 valence electrons. The molecule has 1 aromatic rings. The molecule has 1 fully saturated rings. The lowest BCUT2D eigenvalue weighted by Crippen LogP contribution is -2.51. The molecule has 0 unspecified atom stereocenters. The van der Waals surface area contributed by atoms with E-state index in [4.69, 9.17) is 4.42 Å². The average molecular weight is 410 g/mol. The zero-order valence-corrected chi connectivity index (χ0v) is 16.9. The van der Waals surface area contributed by atoms with Crippen LogP contribution >= 0.6 is 24.8 Å². The first-order valence-corrected chi connectivity index (χ1v) is 8.61. The summed E-state index contributed by atoms with van der Waals surface area (Å²) in [5.41, 5.74) is 0. The number of nitrogens with one attached hydrogen (secondary N) is 2. The molecular formula is C17H29Cl2N3O4. The minimum atomic E-state index is -0.891. The summed E-state index contributed by atoms with van der Waals surface area (Å²) in [5, 5.41) is 15.6. The normalized spacial score (nSPS) is 23.0. The molecule has 4 atom stereocenters. The molecule has 9 heteroatoms. The second-order valence-electron chi connectivity index (χ2n) is 6.52. The van der Waals surface area contributed by atoms with Gasteiger partial charge in [-0.05, 0) is 18.8 Å². The van der Waals surface area contributed by atoms with E-state index < -0.39 is 12.0 Å². The van der Waals surface area contributed by atoms with Crippen molar-refractivity contribution >= 4 is 36.7 Å². The molecule has 2 heterocycles. The molecule has 1 aliphatic rings. The van der Waals surface area contributed by atoms with Gasteiger partial charge in [0.25, 0.3) is 0 Å². The molecule has 26 heavy (non-hydrogen) atoms. The molecule has 3 N–H and O–H groups in total. The number of hydrogen-bond donors (Lipinski definition) is 3. The SMILES string of the molecule is CCC(CC)C[C@H](NC(C)=O)[C@@H]1N[C@@H](C(=O)O)C[C@H]1c1ncco1.Cl.Cl. The van der Waals surface area contributed by atoms with Gasteiger partial charge in [0.1, 0.15) is 12.3 Å². The monoisotopic (exact) mass is 409 g/mol. The number of carboxylic acid groups (broad SMARTS) is 1. The van der Waals surface area contributed by atoms with Gasteiger partial charge >= 0.3 is 5.97 Å². The molecular weight excluding hydrogens is 381 g/mol. The fourth-order valence-electron chi connectivity index (χ4n) is 3.60. The zero-order valence-electron chi connectivity index (χ0n) is 15.3. The lowest BCUT2D eigenvalue weighted by Gasteiger charge is -2.30. The van der Waals surface area contributed by atoms with Gasteiger partial charge in [-0.1, -0.05) is 26.7 Å². The lowest BCUT2D eigenvalue weighted by atomic mass is 9.86. The van der Waals surface area contributed by atoms with Crippen molar-refractivity contribution in [2.24, 2.45) is 5.92 Å². The van der Waals surface area contributed by atoms with Crippen LogP contribution in [0.2, 0.25) is 0 Å². The number of rotatable bonds is 8. The summed E-state index contributed by atoms with van der Waals surface area (Å²) in [5.74, 6) is -0.183. The first-order chi connectivity index (χ1) is 11.5. The molecule has 0 radical (unpaired) electrons. The van der Waals surface area contributed by atoms with Gasteiger partial charge < -0.3 is 14.8 Å². The maximum absolute atomic E-state index is 11.7. The second-order valence-corrected chi connectivity index (χ2v) is 6.52. The van der Waals surface area contributed by atoms with Crippen molar-refractivity contribution in [3.63, 3.8) is 0 Å². The van der Waals surface area contributed by atoms with Crippen molar-refractivity contribution in [1.82, 2.24) is 15.6 Å². The van der Waals surface area contributed by atoms with Crippen molar-refractivity contribution < 1.29 is 19.1 Å². The van der Waals surface area contributed by atoms with Crippen LogP contribution < -0.4 is 10.6 Å². The van der Waals surface area contributed by atoms with Gasteiger partial charge in [0, 0.05) is 19.0 Å². The van der Waals surface area contributed by atoms with Gasteiger partial charge in [0.2, 0.25) is 5.91 Å². The third-order valence-electron chi connectivity index (χ3n) is 4.95. The highest BCUT2D eigenvalue weighted by atomic mass is 35.5. The number of nitrogens with zero attached hydrogens (tertiary/aromatic N) is 1. The van der Waals surface area contributed by atoms with Crippen LogP contribution in [0.5, 0.6) is 0 Å². The molecule has 0 saturated carbocycles. The Balaban J connectivity index is 0.00000312. The van der Waals surface area contributed by atoms with Crippen LogP contribution in [0.1, 0.15) is 58.3 Å². The number of aliphatic carboxylic acids is 1. The van der Waals surface area contributed by atoms with E-state index in [9.17, 15) is 14.7 Å². The standard InChI is InChI=1S/C17H27N3O4.2ClH/c1-4-11(5-2)8-13(19-10(3)21)15-12(16-18-6-7-24-16)9-14(20-15)17(22)23;;/h6-7,11-15,20H,4-5,8-9H2,1-3H3,(H,19,21)(H,22,23);2*1H/t12-,13+,14-,15-;;/m1../s1. The van der Waals surface area contributed by atoms with Crippen LogP contribution in [-0.4, -0.2) is 40.1 Å². The average Bonchev–Trinajstić information content (AvgIpc) is 3.19. The van der Waals surface area contributed by atoms with Crippen LogP contribution in [0.25, 0.3) is 0 Å².